The average molecular weight is 264 g/mol. The highest BCUT2D eigenvalue weighted by molar-refractivity contribution is 6.45. The molecule has 0 fully saturated rings. The zero-order valence-corrected chi connectivity index (χ0v) is 9.89. The first kappa shape index (κ1) is 13.6. The van der Waals surface area contributed by atoms with Crippen LogP contribution in [0.4, 0.5) is 13.2 Å². The second-order valence-electron chi connectivity index (χ2n) is 3.88. The Morgan fingerprint density at radius 1 is 1.05 bits per heavy atom. The summed E-state index contributed by atoms with van der Waals surface area (Å²) in [4.78, 5) is 4.03. The Kier molecular flexibility index (Phi) is 4.22. The Morgan fingerprint density at radius 2 is 1.79 bits per heavy atom. The molecule has 2 nitrogen and oxygen atoms in total. The average Bonchev–Trinajstić information content (AvgIpc) is 2.39. The van der Waals surface area contributed by atoms with Crippen LogP contribution >= 0.6 is 0 Å². The highest BCUT2D eigenvalue weighted by Crippen LogP contribution is 2.29. The molecule has 0 aliphatic rings. The maximum Gasteiger partial charge on any atom is 0.416 e. The fourth-order valence-corrected chi connectivity index (χ4v) is 1.46. The Morgan fingerprint density at radius 3 is 2.37 bits per heavy atom. The summed E-state index contributed by atoms with van der Waals surface area (Å²) in [7, 11) is 1.47. The van der Waals surface area contributed by atoms with Gasteiger partial charge in [-0.2, -0.15) is 13.2 Å². The molecule has 0 saturated heterocycles. The fraction of sp³-hybridized carbons (Fsp3) is 0.154. The highest BCUT2D eigenvalue weighted by Gasteiger charge is 2.29. The van der Waals surface area contributed by atoms with Crippen LogP contribution in [0.1, 0.15) is 11.1 Å². The summed E-state index contributed by atoms with van der Waals surface area (Å²) in [6.07, 6.45) is -2.67. The number of hydrogen-bond acceptors (Lipinski definition) is 2. The molecule has 0 bridgehead atoms. The Hall–Kier alpha value is -1.82. The van der Waals surface area contributed by atoms with E-state index in [0.717, 1.165) is 12.1 Å². The zero-order valence-electron chi connectivity index (χ0n) is 9.89. The highest BCUT2D eigenvalue weighted by atomic mass is 19.4. The van der Waals surface area contributed by atoms with Crippen LogP contribution in [0.15, 0.2) is 48.7 Å². The number of alkyl halides is 3. The second kappa shape index (κ2) is 5.88. The van der Waals surface area contributed by atoms with E-state index in [1.54, 1.807) is 18.3 Å². The van der Waals surface area contributed by atoms with Crippen molar-refractivity contribution < 1.29 is 17.8 Å². The number of rotatable bonds is 4. The molecule has 1 radical (unpaired) electrons. The van der Waals surface area contributed by atoms with Crippen molar-refractivity contribution in [1.29, 1.82) is 0 Å². The van der Waals surface area contributed by atoms with Crippen molar-refractivity contribution in [2.45, 2.75) is 12.8 Å². The van der Waals surface area contributed by atoms with Gasteiger partial charge in [0.25, 0.3) is 0 Å². The third-order valence-corrected chi connectivity index (χ3v) is 2.42. The lowest BCUT2D eigenvalue weighted by molar-refractivity contribution is -0.137. The first-order chi connectivity index (χ1) is 9.05. The number of pyridine rings is 1. The van der Waals surface area contributed by atoms with E-state index in [-0.39, 0.29) is 6.61 Å². The van der Waals surface area contributed by atoms with E-state index < -0.39 is 11.7 Å². The van der Waals surface area contributed by atoms with E-state index in [4.69, 9.17) is 4.65 Å². The van der Waals surface area contributed by atoms with Crippen LogP contribution in [0.5, 0.6) is 0 Å². The molecular formula is C13H10BF3NO. The molecule has 1 aromatic heterocycles. The molecule has 2 aromatic rings. The molecule has 19 heavy (non-hydrogen) atoms. The quantitative estimate of drug-likeness (QED) is 0.792. The molecule has 1 aromatic carbocycles. The zero-order chi connectivity index (χ0) is 13.7. The minimum Gasteiger partial charge on any atom is -0.429 e. The molecule has 0 aliphatic carbocycles. The minimum atomic E-state index is -4.31. The maximum atomic E-state index is 12.3. The van der Waals surface area contributed by atoms with Crippen molar-refractivity contribution in [3.05, 3.63) is 59.8 Å². The van der Waals surface area contributed by atoms with Crippen LogP contribution in [0.25, 0.3) is 0 Å². The normalized spacial score (nSPS) is 11.3. The Labute approximate surface area is 109 Å². The predicted octanol–water partition coefficient (Wildman–Crippen LogP) is 2.56. The Balaban J connectivity index is 1.87. The summed E-state index contributed by atoms with van der Waals surface area (Å²) in [6, 6.07) is 10.3. The van der Waals surface area contributed by atoms with Gasteiger partial charge < -0.3 is 4.65 Å². The first-order valence-corrected chi connectivity index (χ1v) is 5.58. The number of hydrogen-bond donors (Lipinski definition) is 0. The lowest BCUT2D eigenvalue weighted by Crippen LogP contribution is -2.20. The molecule has 6 heteroatoms. The van der Waals surface area contributed by atoms with Crippen LogP contribution in [0.3, 0.4) is 0 Å². The molecule has 0 saturated carbocycles. The van der Waals surface area contributed by atoms with Gasteiger partial charge in [-0.15, -0.1) is 0 Å². The summed E-state index contributed by atoms with van der Waals surface area (Å²) >= 11 is 0. The summed E-state index contributed by atoms with van der Waals surface area (Å²) in [5.74, 6) is 0. The summed E-state index contributed by atoms with van der Waals surface area (Å²) in [5, 5.41) is 0. The van der Waals surface area contributed by atoms with Gasteiger partial charge in [-0.3, -0.25) is 4.98 Å². The SMILES string of the molecule is FC(F)(F)c1ccc(CO[B]c2ccccn2)cc1. The van der Waals surface area contributed by atoms with Gasteiger partial charge in [0.2, 0.25) is 0 Å². The van der Waals surface area contributed by atoms with E-state index in [0.29, 0.717) is 11.2 Å². The van der Waals surface area contributed by atoms with E-state index in [9.17, 15) is 13.2 Å². The lowest BCUT2D eigenvalue weighted by Gasteiger charge is -2.07. The third kappa shape index (κ3) is 4.10. The topological polar surface area (TPSA) is 22.1 Å². The van der Waals surface area contributed by atoms with E-state index in [1.165, 1.54) is 19.6 Å². The van der Waals surface area contributed by atoms with Crippen LogP contribution in [-0.2, 0) is 17.4 Å². The molecule has 0 amide bonds. The molecule has 97 valence electrons. The smallest absolute Gasteiger partial charge is 0.416 e. The van der Waals surface area contributed by atoms with Gasteiger partial charge in [0, 0.05) is 11.8 Å². The van der Waals surface area contributed by atoms with Gasteiger partial charge in [0.15, 0.2) is 0 Å². The van der Waals surface area contributed by atoms with Gasteiger partial charge in [0.1, 0.15) is 0 Å². The van der Waals surface area contributed by atoms with Gasteiger partial charge in [-0.05, 0) is 29.8 Å². The van der Waals surface area contributed by atoms with Gasteiger partial charge in [0.05, 0.1) is 12.2 Å². The van der Waals surface area contributed by atoms with E-state index in [1.807, 2.05) is 6.07 Å². The van der Waals surface area contributed by atoms with Gasteiger partial charge in [-0.25, -0.2) is 0 Å². The van der Waals surface area contributed by atoms with Crippen LogP contribution in [0.2, 0.25) is 0 Å². The second-order valence-corrected chi connectivity index (χ2v) is 3.88. The van der Waals surface area contributed by atoms with Crippen LogP contribution < -0.4 is 5.59 Å². The third-order valence-electron chi connectivity index (χ3n) is 2.42. The Bertz CT molecular complexity index is 514. The van der Waals surface area contributed by atoms with E-state index in [2.05, 4.69) is 4.98 Å². The van der Waals surface area contributed by atoms with Gasteiger partial charge in [-0.1, -0.05) is 18.2 Å². The molecule has 0 unspecified atom stereocenters. The van der Waals surface area contributed by atoms with Crippen molar-refractivity contribution in [1.82, 2.24) is 4.98 Å². The van der Waals surface area contributed by atoms with Crippen LogP contribution in [0, 0.1) is 0 Å². The van der Waals surface area contributed by atoms with Crippen molar-refractivity contribution in [3.63, 3.8) is 0 Å². The molecule has 1 heterocycles. The number of aromatic nitrogens is 1. The fourth-order valence-electron chi connectivity index (χ4n) is 1.46. The molecule has 0 N–H and O–H groups in total. The lowest BCUT2D eigenvalue weighted by atomic mass is 9.94. The number of nitrogens with zero attached hydrogens (tertiary/aromatic N) is 1. The van der Waals surface area contributed by atoms with Crippen molar-refractivity contribution >= 4 is 13.1 Å². The minimum absolute atomic E-state index is 0.203. The molecular weight excluding hydrogens is 254 g/mol. The molecule has 0 spiro atoms. The predicted molar refractivity (Wildman–Crippen MR) is 65.9 cm³/mol. The molecule has 2 rings (SSSR count). The molecule has 0 atom stereocenters. The number of benzene rings is 1. The first-order valence-electron chi connectivity index (χ1n) is 5.58. The maximum absolute atomic E-state index is 12.3. The summed E-state index contributed by atoms with van der Waals surface area (Å²) < 4.78 is 42.3. The van der Waals surface area contributed by atoms with Crippen molar-refractivity contribution in [2.75, 3.05) is 0 Å². The van der Waals surface area contributed by atoms with Crippen molar-refractivity contribution in [2.24, 2.45) is 0 Å². The standard InChI is InChI=1S/C13H10BF3NO/c15-13(16,17)11-6-4-10(5-7-11)9-19-14-12-3-1-2-8-18-12/h1-8H,9H2. The largest absolute Gasteiger partial charge is 0.429 e. The van der Waals surface area contributed by atoms with Crippen LogP contribution in [-0.4, -0.2) is 12.5 Å². The van der Waals surface area contributed by atoms with E-state index >= 15 is 0 Å². The summed E-state index contributed by atoms with van der Waals surface area (Å²) in [6.45, 7) is 0.203. The summed E-state index contributed by atoms with van der Waals surface area (Å²) in [5.41, 5.74) is 0.666. The number of halogens is 3. The van der Waals surface area contributed by atoms with Crippen molar-refractivity contribution in [3.8, 4) is 0 Å². The monoisotopic (exact) mass is 264 g/mol. The van der Waals surface area contributed by atoms with Gasteiger partial charge >= 0.3 is 13.7 Å². The molecule has 0 aliphatic heterocycles.